The van der Waals surface area contributed by atoms with Gasteiger partial charge in [0.1, 0.15) is 6.10 Å². The van der Waals surface area contributed by atoms with Gasteiger partial charge in [-0.15, -0.1) is 0 Å². The normalized spacial score (nSPS) is 19.4. The SMILES string of the molecule is C[C@H]1OCc2c1[nH+]c1ccccc1c2N. The molecule has 3 N–H and O–H groups in total. The van der Waals surface area contributed by atoms with E-state index in [1.54, 1.807) is 0 Å². The van der Waals surface area contributed by atoms with E-state index in [4.69, 9.17) is 10.5 Å². The Kier molecular flexibility index (Phi) is 1.70. The summed E-state index contributed by atoms with van der Waals surface area (Å²) < 4.78 is 5.56. The summed E-state index contributed by atoms with van der Waals surface area (Å²) in [5, 5.41) is 1.08. The molecular formula is C12H13N2O+. The van der Waals surface area contributed by atoms with Crippen molar-refractivity contribution in [1.29, 1.82) is 0 Å². The lowest BCUT2D eigenvalue weighted by atomic mass is 10.1. The van der Waals surface area contributed by atoms with E-state index in [1.165, 1.54) is 0 Å². The number of aromatic nitrogens is 1. The average Bonchev–Trinajstić information content (AvgIpc) is 2.62. The van der Waals surface area contributed by atoms with E-state index in [9.17, 15) is 0 Å². The molecule has 1 atom stereocenters. The first-order valence-electron chi connectivity index (χ1n) is 5.11. The number of hydrogen-bond acceptors (Lipinski definition) is 2. The van der Waals surface area contributed by atoms with Crippen LogP contribution < -0.4 is 10.7 Å². The molecule has 1 aromatic heterocycles. The molecule has 0 spiro atoms. The number of benzene rings is 1. The highest BCUT2D eigenvalue weighted by Crippen LogP contribution is 2.33. The summed E-state index contributed by atoms with van der Waals surface area (Å²) in [7, 11) is 0. The third-order valence-corrected chi connectivity index (χ3v) is 3.02. The molecule has 1 aromatic carbocycles. The van der Waals surface area contributed by atoms with E-state index in [0.717, 1.165) is 27.8 Å². The molecule has 15 heavy (non-hydrogen) atoms. The Morgan fingerprint density at radius 3 is 3.07 bits per heavy atom. The first-order chi connectivity index (χ1) is 7.27. The van der Waals surface area contributed by atoms with Crippen LogP contribution in [0, 0.1) is 0 Å². The molecule has 0 radical (unpaired) electrons. The van der Waals surface area contributed by atoms with Gasteiger partial charge in [-0.1, -0.05) is 12.1 Å². The van der Waals surface area contributed by atoms with Gasteiger partial charge in [0.2, 0.25) is 11.2 Å². The molecule has 0 saturated carbocycles. The molecule has 0 bridgehead atoms. The van der Waals surface area contributed by atoms with Gasteiger partial charge in [-0.2, -0.15) is 0 Å². The number of aromatic amines is 1. The second-order valence-electron chi connectivity index (χ2n) is 3.93. The molecular weight excluding hydrogens is 188 g/mol. The molecule has 0 saturated heterocycles. The Hall–Kier alpha value is -1.61. The number of nitrogens with two attached hydrogens (primary N) is 1. The zero-order valence-corrected chi connectivity index (χ0v) is 8.58. The topological polar surface area (TPSA) is 49.4 Å². The van der Waals surface area contributed by atoms with Crippen LogP contribution in [0.25, 0.3) is 10.9 Å². The number of pyridine rings is 1. The Bertz CT molecular complexity index is 536. The van der Waals surface area contributed by atoms with Gasteiger partial charge in [-0.05, 0) is 13.0 Å². The maximum Gasteiger partial charge on any atom is 0.216 e. The second-order valence-corrected chi connectivity index (χ2v) is 3.93. The van der Waals surface area contributed by atoms with Gasteiger partial charge < -0.3 is 10.5 Å². The minimum absolute atomic E-state index is 0.118. The van der Waals surface area contributed by atoms with Crippen molar-refractivity contribution in [1.82, 2.24) is 0 Å². The molecule has 3 nitrogen and oxygen atoms in total. The van der Waals surface area contributed by atoms with E-state index in [2.05, 4.69) is 4.98 Å². The fraction of sp³-hybridized carbons (Fsp3) is 0.250. The second kappa shape index (κ2) is 2.94. The van der Waals surface area contributed by atoms with Crippen LogP contribution in [0.5, 0.6) is 0 Å². The highest BCUT2D eigenvalue weighted by Gasteiger charge is 2.29. The number of nitrogen functional groups attached to an aromatic ring is 1. The molecule has 1 aliphatic rings. The molecule has 0 fully saturated rings. The average molecular weight is 201 g/mol. The highest BCUT2D eigenvalue weighted by molar-refractivity contribution is 5.89. The molecule has 0 aliphatic carbocycles. The largest absolute Gasteiger partial charge is 0.398 e. The van der Waals surface area contributed by atoms with Crippen LogP contribution >= 0.6 is 0 Å². The van der Waals surface area contributed by atoms with Crippen LogP contribution in [0.15, 0.2) is 24.3 Å². The van der Waals surface area contributed by atoms with Gasteiger partial charge in [0, 0.05) is 6.07 Å². The minimum Gasteiger partial charge on any atom is -0.398 e. The number of hydrogen-bond donors (Lipinski definition) is 1. The van der Waals surface area contributed by atoms with Gasteiger partial charge in [0.15, 0.2) is 0 Å². The number of H-pyrrole nitrogens is 1. The number of rotatable bonds is 0. The first kappa shape index (κ1) is 8.68. The molecule has 2 aromatic rings. The quantitative estimate of drug-likeness (QED) is 0.706. The summed E-state index contributed by atoms with van der Waals surface area (Å²) in [5.41, 5.74) is 10.3. The van der Waals surface area contributed by atoms with Crippen molar-refractivity contribution < 1.29 is 9.72 Å². The lowest BCUT2D eigenvalue weighted by molar-refractivity contribution is -0.364. The van der Waals surface area contributed by atoms with Crippen molar-refractivity contribution in [3.05, 3.63) is 35.5 Å². The fourth-order valence-electron chi connectivity index (χ4n) is 2.15. The van der Waals surface area contributed by atoms with Crippen molar-refractivity contribution >= 4 is 16.6 Å². The predicted octanol–water partition coefficient (Wildman–Crippen LogP) is 1.83. The number of anilines is 1. The molecule has 76 valence electrons. The summed E-state index contributed by atoms with van der Waals surface area (Å²) in [6.45, 7) is 2.65. The number of ether oxygens (including phenoxy) is 1. The summed E-state index contributed by atoms with van der Waals surface area (Å²) in [6, 6.07) is 8.07. The van der Waals surface area contributed by atoms with Crippen LogP contribution in [0.1, 0.15) is 24.3 Å². The molecule has 0 unspecified atom stereocenters. The summed E-state index contributed by atoms with van der Waals surface area (Å²) in [5.74, 6) is 0. The molecule has 0 amide bonds. The lowest BCUT2D eigenvalue weighted by Gasteiger charge is -2.02. The van der Waals surface area contributed by atoms with Gasteiger partial charge in [0.25, 0.3) is 0 Å². The van der Waals surface area contributed by atoms with Crippen LogP contribution in [0.2, 0.25) is 0 Å². The van der Waals surface area contributed by atoms with Crippen LogP contribution in [-0.4, -0.2) is 0 Å². The standard InChI is InChI=1S/C12H12N2O/c1-7-12-9(6-15-7)11(13)8-4-2-3-5-10(8)14-12/h2-5,7H,6H2,1H3,(H2,13,14)/p+1/t7-/m1/s1. The molecule has 1 aliphatic heterocycles. The number of fused-ring (bicyclic) bond motifs is 2. The number of para-hydroxylation sites is 1. The Morgan fingerprint density at radius 2 is 2.20 bits per heavy atom. The van der Waals surface area contributed by atoms with Crippen molar-refractivity contribution in [3.8, 4) is 0 Å². The van der Waals surface area contributed by atoms with Gasteiger partial charge in [0.05, 0.1) is 23.2 Å². The van der Waals surface area contributed by atoms with Crippen LogP contribution in [-0.2, 0) is 11.3 Å². The third-order valence-electron chi connectivity index (χ3n) is 3.02. The Labute approximate surface area is 87.9 Å². The van der Waals surface area contributed by atoms with Crippen LogP contribution in [0.3, 0.4) is 0 Å². The molecule has 3 rings (SSSR count). The van der Waals surface area contributed by atoms with Crippen LogP contribution in [0.4, 0.5) is 5.69 Å². The summed E-state index contributed by atoms with van der Waals surface area (Å²) >= 11 is 0. The van der Waals surface area contributed by atoms with Crippen molar-refractivity contribution in [3.63, 3.8) is 0 Å². The van der Waals surface area contributed by atoms with E-state index >= 15 is 0 Å². The van der Waals surface area contributed by atoms with E-state index in [-0.39, 0.29) is 6.10 Å². The van der Waals surface area contributed by atoms with Crippen molar-refractivity contribution in [2.24, 2.45) is 0 Å². The Morgan fingerprint density at radius 1 is 1.40 bits per heavy atom. The zero-order valence-electron chi connectivity index (χ0n) is 8.58. The first-order valence-corrected chi connectivity index (χ1v) is 5.11. The summed E-state index contributed by atoms with van der Waals surface area (Å²) in [6.07, 6.45) is 0.118. The molecule has 2 heterocycles. The fourth-order valence-corrected chi connectivity index (χ4v) is 2.15. The Balaban J connectivity index is 2.41. The maximum atomic E-state index is 6.13. The molecule has 3 heteroatoms. The minimum atomic E-state index is 0.118. The van der Waals surface area contributed by atoms with E-state index < -0.39 is 0 Å². The third kappa shape index (κ3) is 1.13. The van der Waals surface area contributed by atoms with E-state index in [1.807, 2.05) is 31.2 Å². The van der Waals surface area contributed by atoms with Gasteiger partial charge >= 0.3 is 0 Å². The zero-order chi connectivity index (χ0) is 10.4. The monoisotopic (exact) mass is 201 g/mol. The van der Waals surface area contributed by atoms with Gasteiger partial charge in [-0.25, -0.2) is 4.98 Å². The van der Waals surface area contributed by atoms with Crippen molar-refractivity contribution in [2.75, 3.05) is 5.73 Å². The van der Waals surface area contributed by atoms with Crippen molar-refractivity contribution in [2.45, 2.75) is 19.6 Å². The summed E-state index contributed by atoms with van der Waals surface area (Å²) in [4.78, 5) is 3.39. The lowest BCUT2D eigenvalue weighted by Crippen LogP contribution is -2.15. The maximum absolute atomic E-state index is 6.13. The number of nitrogens with one attached hydrogen (secondary N) is 1. The smallest absolute Gasteiger partial charge is 0.216 e. The van der Waals surface area contributed by atoms with Gasteiger partial charge in [-0.3, -0.25) is 0 Å². The van der Waals surface area contributed by atoms with E-state index in [0.29, 0.717) is 6.61 Å². The highest BCUT2D eigenvalue weighted by atomic mass is 16.5. The predicted molar refractivity (Wildman–Crippen MR) is 58.1 cm³/mol.